The minimum Gasteiger partial charge on any atom is -0.462 e. The molecule has 0 radical (unpaired) electrons. The Morgan fingerprint density at radius 2 is 1.00 bits per heavy atom. The van der Waals surface area contributed by atoms with E-state index in [4.69, 9.17) is 18.9 Å². The maximum atomic E-state index is 12.8. The lowest BCUT2D eigenvalue weighted by Gasteiger charge is -2.40. The van der Waals surface area contributed by atoms with Crippen molar-refractivity contribution in [2.24, 2.45) is 0 Å². The number of allylic oxidation sites excluding steroid dienone is 10. The highest BCUT2D eigenvalue weighted by Crippen LogP contribution is 2.24. The molecule has 0 aliphatic carbocycles. The van der Waals surface area contributed by atoms with E-state index in [9.17, 15) is 37.9 Å². The van der Waals surface area contributed by atoms with Gasteiger partial charge in [0, 0.05) is 12.8 Å². The van der Waals surface area contributed by atoms with Gasteiger partial charge in [0.15, 0.2) is 12.4 Å². The number of esters is 2. The van der Waals surface area contributed by atoms with E-state index in [0.717, 1.165) is 51.4 Å². The predicted molar refractivity (Wildman–Crippen MR) is 256 cm³/mol. The molecule has 1 fully saturated rings. The van der Waals surface area contributed by atoms with Crippen molar-refractivity contribution >= 4 is 22.1 Å². The number of unbranched alkanes of at least 4 members (excludes halogenated alkanes) is 22. The summed E-state index contributed by atoms with van der Waals surface area (Å²) in [5, 5.41) is 30.9. The average Bonchev–Trinajstić information content (AvgIpc) is 3.26. The molecule has 0 aromatic rings. The molecule has 0 amide bonds. The number of carbonyl (C=O) groups excluding carboxylic acids is 2. The molecule has 370 valence electrons. The van der Waals surface area contributed by atoms with Crippen LogP contribution in [0, 0.1) is 0 Å². The molecular weight excluding hydrogens is 837 g/mol. The Morgan fingerprint density at radius 1 is 0.547 bits per heavy atom. The minimum absolute atomic E-state index is 0.115. The molecule has 0 aromatic heterocycles. The zero-order chi connectivity index (χ0) is 46.9. The number of aliphatic hydroxyl groups excluding tert-OH is 3. The third-order valence-corrected chi connectivity index (χ3v) is 11.9. The molecule has 3 unspecified atom stereocenters. The quantitative estimate of drug-likeness (QED) is 0.0150. The molecule has 6 atom stereocenters. The highest BCUT2D eigenvalue weighted by Gasteiger charge is 2.46. The largest absolute Gasteiger partial charge is 0.462 e. The first kappa shape index (κ1) is 59.4. The molecular formula is C51H88O12S. The van der Waals surface area contributed by atoms with Gasteiger partial charge < -0.3 is 34.3 Å². The third kappa shape index (κ3) is 34.7. The van der Waals surface area contributed by atoms with E-state index < -0.39 is 71.2 Å². The van der Waals surface area contributed by atoms with Crippen LogP contribution < -0.4 is 0 Å². The van der Waals surface area contributed by atoms with Crippen LogP contribution in [0.5, 0.6) is 0 Å². The van der Waals surface area contributed by atoms with E-state index >= 15 is 0 Å². The lowest BCUT2D eigenvalue weighted by molar-refractivity contribution is -0.297. The Balaban J connectivity index is 2.36. The number of carbonyl (C=O) groups is 2. The fraction of sp³-hybridized carbons (Fsp3) is 0.765. The smallest absolute Gasteiger partial charge is 0.306 e. The van der Waals surface area contributed by atoms with Crippen molar-refractivity contribution in [1.82, 2.24) is 0 Å². The van der Waals surface area contributed by atoms with Crippen molar-refractivity contribution in [1.29, 1.82) is 0 Å². The molecule has 13 heteroatoms. The lowest BCUT2D eigenvalue weighted by Crippen LogP contribution is -2.60. The SMILES string of the molecule is CC/C=C/C=C/C=C/C=C/CCCCCC(=O)OC(COC(=O)CCCCCCCCC/C=C/CCCCCCCCCCCCCC)CO[C@H]1O[C@H](CS(=O)(=O)O)[C@@H](O)C(O)C1O. The zero-order valence-electron chi connectivity index (χ0n) is 39.6. The van der Waals surface area contributed by atoms with Crippen molar-refractivity contribution < 1.29 is 56.8 Å². The summed E-state index contributed by atoms with van der Waals surface area (Å²) in [7, 11) is -4.61. The zero-order valence-corrected chi connectivity index (χ0v) is 40.4. The summed E-state index contributed by atoms with van der Waals surface area (Å²) in [4.78, 5) is 25.4. The average molecular weight is 925 g/mol. The van der Waals surface area contributed by atoms with Gasteiger partial charge in [0.05, 0.1) is 6.61 Å². The first-order valence-electron chi connectivity index (χ1n) is 24.9. The topological polar surface area (TPSA) is 186 Å². The van der Waals surface area contributed by atoms with Gasteiger partial charge in [0.2, 0.25) is 0 Å². The summed E-state index contributed by atoms with van der Waals surface area (Å²) in [5.41, 5.74) is 0. The van der Waals surface area contributed by atoms with E-state index in [2.05, 4.69) is 38.2 Å². The molecule has 0 aromatic carbocycles. The van der Waals surface area contributed by atoms with Crippen LogP contribution in [-0.2, 0) is 38.7 Å². The second-order valence-electron chi connectivity index (χ2n) is 17.2. The molecule has 64 heavy (non-hydrogen) atoms. The Labute approximate surface area is 387 Å². The van der Waals surface area contributed by atoms with Crippen LogP contribution in [0.25, 0.3) is 0 Å². The van der Waals surface area contributed by atoms with Gasteiger partial charge in [-0.25, -0.2) is 0 Å². The van der Waals surface area contributed by atoms with Gasteiger partial charge in [-0.3, -0.25) is 14.1 Å². The maximum Gasteiger partial charge on any atom is 0.306 e. The van der Waals surface area contributed by atoms with Crippen molar-refractivity contribution in [2.75, 3.05) is 19.0 Å². The standard InChI is InChI=1S/C51H88O12S/c1-3-5-7-9-11-13-15-17-18-19-20-21-22-23-24-25-26-28-29-31-33-35-37-39-46(52)60-41-44(42-61-51-50(56)49(55)48(54)45(63-51)43-64(57,58)59)62-47(53)40-38-36-34-32-30-27-16-14-12-10-8-6-4-2/h6,8,10,12,14,16,23-24,27,30,44-45,48-51,54-56H,3-5,7,9,11,13,15,17-22,25-26,28-29,31-43H2,1-2H3,(H,57,58,59)/b8-6+,12-10+,16-14+,24-23+,30-27+/t44?,45-,48-,49?,50?,51+/m1/s1. The van der Waals surface area contributed by atoms with Crippen LogP contribution in [0.15, 0.2) is 60.8 Å². The summed E-state index contributed by atoms with van der Waals surface area (Å²) in [6.45, 7) is 3.59. The van der Waals surface area contributed by atoms with E-state index in [0.29, 0.717) is 12.8 Å². The first-order chi connectivity index (χ1) is 31.0. The second kappa shape index (κ2) is 40.6. The predicted octanol–water partition coefficient (Wildman–Crippen LogP) is 10.9. The normalized spacial score (nSPS) is 20.1. The monoisotopic (exact) mass is 925 g/mol. The van der Waals surface area contributed by atoms with Crippen LogP contribution >= 0.6 is 0 Å². The van der Waals surface area contributed by atoms with Gasteiger partial charge in [-0.1, -0.05) is 184 Å². The number of hydrogen-bond donors (Lipinski definition) is 4. The third-order valence-electron chi connectivity index (χ3n) is 11.2. The van der Waals surface area contributed by atoms with Crippen LogP contribution in [0.3, 0.4) is 0 Å². The fourth-order valence-corrected chi connectivity index (χ4v) is 8.02. The molecule has 0 bridgehead atoms. The van der Waals surface area contributed by atoms with E-state index in [1.54, 1.807) is 0 Å². The van der Waals surface area contributed by atoms with Gasteiger partial charge >= 0.3 is 11.9 Å². The Morgan fingerprint density at radius 3 is 1.53 bits per heavy atom. The molecule has 1 aliphatic rings. The van der Waals surface area contributed by atoms with Crippen LogP contribution in [-0.4, -0.2) is 96.0 Å². The number of aliphatic hydroxyl groups is 3. The summed E-state index contributed by atoms with van der Waals surface area (Å²) in [5.74, 6) is -2.04. The number of ether oxygens (including phenoxy) is 4. The Kier molecular flexibility index (Phi) is 37.7. The van der Waals surface area contributed by atoms with Crippen molar-refractivity contribution in [3.63, 3.8) is 0 Å². The van der Waals surface area contributed by atoms with Crippen LogP contribution in [0.2, 0.25) is 0 Å². The summed E-state index contributed by atoms with van der Waals surface area (Å²) in [6, 6.07) is 0. The van der Waals surface area contributed by atoms with Gasteiger partial charge in [-0.05, 0) is 57.8 Å². The van der Waals surface area contributed by atoms with Crippen molar-refractivity contribution in [3.05, 3.63) is 60.8 Å². The molecule has 1 aliphatic heterocycles. The first-order valence-corrected chi connectivity index (χ1v) is 26.5. The summed E-state index contributed by atoms with van der Waals surface area (Å²) in [6.07, 6.45) is 41.4. The minimum atomic E-state index is -4.61. The number of hydrogen-bond acceptors (Lipinski definition) is 11. The summed E-state index contributed by atoms with van der Waals surface area (Å²) < 4.78 is 54.1. The summed E-state index contributed by atoms with van der Waals surface area (Å²) >= 11 is 0. The molecule has 1 saturated heterocycles. The second-order valence-corrected chi connectivity index (χ2v) is 18.7. The van der Waals surface area contributed by atoms with Crippen LogP contribution in [0.1, 0.15) is 194 Å². The van der Waals surface area contributed by atoms with Crippen LogP contribution in [0.4, 0.5) is 0 Å². The van der Waals surface area contributed by atoms with Gasteiger partial charge in [0.1, 0.15) is 36.8 Å². The fourth-order valence-electron chi connectivity index (χ4n) is 7.33. The maximum absolute atomic E-state index is 12.8. The molecule has 0 saturated carbocycles. The molecule has 4 N–H and O–H groups in total. The van der Waals surface area contributed by atoms with Crippen molar-refractivity contribution in [3.8, 4) is 0 Å². The highest BCUT2D eigenvalue weighted by atomic mass is 32.2. The molecule has 0 spiro atoms. The van der Waals surface area contributed by atoms with Crippen molar-refractivity contribution in [2.45, 2.75) is 230 Å². The van der Waals surface area contributed by atoms with E-state index in [-0.39, 0.29) is 19.4 Å². The van der Waals surface area contributed by atoms with E-state index in [1.165, 1.54) is 103 Å². The van der Waals surface area contributed by atoms with Gasteiger partial charge in [-0.2, -0.15) is 8.42 Å². The molecule has 12 nitrogen and oxygen atoms in total. The Hall–Kier alpha value is -2.65. The molecule has 1 rings (SSSR count). The number of rotatable bonds is 41. The Bertz CT molecular complexity index is 1410. The molecule has 1 heterocycles. The van der Waals surface area contributed by atoms with Gasteiger partial charge in [0.25, 0.3) is 10.1 Å². The van der Waals surface area contributed by atoms with Gasteiger partial charge in [-0.15, -0.1) is 0 Å². The lowest BCUT2D eigenvalue weighted by atomic mass is 10.00. The highest BCUT2D eigenvalue weighted by molar-refractivity contribution is 7.85. The van der Waals surface area contributed by atoms with E-state index in [1.807, 2.05) is 36.5 Å².